The third-order valence-electron chi connectivity index (χ3n) is 3.63. The van der Waals surface area contributed by atoms with Crippen molar-refractivity contribution in [3.63, 3.8) is 0 Å². The number of benzene rings is 1. The van der Waals surface area contributed by atoms with Crippen LogP contribution in [-0.4, -0.2) is 43.9 Å². The highest BCUT2D eigenvalue weighted by molar-refractivity contribution is 5.94. The van der Waals surface area contributed by atoms with E-state index in [1.165, 1.54) is 6.26 Å². The average Bonchev–Trinajstić information content (AvgIpc) is 3.09. The second-order valence-electron chi connectivity index (χ2n) is 5.94. The zero-order chi connectivity index (χ0) is 18.2. The molecule has 1 heterocycles. The van der Waals surface area contributed by atoms with Gasteiger partial charge in [-0.2, -0.15) is 0 Å². The highest BCUT2D eigenvalue weighted by Crippen LogP contribution is 2.08. The molecule has 2 aromatic rings. The van der Waals surface area contributed by atoms with Gasteiger partial charge in [-0.25, -0.2) is 0 Å². The van der Waals surface area contributed by atoms with Crippen LogP contribution in [0.4, 0.5) is 0 Å². The van der Waals surface area contributed by atoms with Crippen LogP contribution in [0.15, 0.2) is 41.0 Å². The first-order valence-electron chi connectivity index (χ1n) is 8.07. The zero-order valence-electron chi connectivity index (χ0n) is 15.4. The Labute approximate surface area is 171 Å². The molecule has 0 unspecified atom stereocenters. The summed E-state index contributed by atoms with van der Waals surface area (Å²) in [5, 5.41) is 5.66. The van der Waals surface area contributed by atoms with Crippen molar-refractivity contribution in [1.82, 2.24) is 15.5 Å². The molecule has 0 radical (unpaired) electrons. The van der Waals surface area contributed by atoms with Crippen LogP contribution in [0, 0.1) is 0 Å². The van der Waals surface area contributed by atoms with Gasteiger partial charge in [0.1, 0.15) is 12.0 Å². The summed E-state index contributed by atoms with van der Waals surface area (Å²) in [6.45, 7) is 2.00. The van der Waals surface area contributed by atoms with Crippen molar-refractivity contribution in [3.8, 4) is 0 Å². The number of nitrogens with two attached hydrogens (primary N) is 1. The summed E-state index contributed by atoms with van der Waals surface area (Å²) >= 11 is 0. The topological polar surface area (TPSA) is 101 Å². The number of rotatable bonds is 8. The molecule has 0 aliphatic carbocycles. The second-order valence-corrected chi connectivity index (χ2v) is 5.94. The van der Waals surface area contributed by atoms with Gasteiger partial charge in [0.15, 0.2) is 0 Å². The van der Waals surface area contributed by atoms with E-state index in [0.29, 0.717) is 30.0 Å². The van der Waals surface area contributed by atoms with Crippen molar-refractivity contribution in [2.24, 2.45) is 5.73 Å². The van der Waals surface area contributed by atoms with Gasteiger partial charge in [0.05, 0.1) is 12.1 Å². The van der Waals surface area contributed by atoms with Crippen LogP contribution in [0.2, 0.25) is 0 Å². The van der Waals surface area contributed by atoms with Gasteiger partial charge in [0.25, 0.3) is 11.8 Å². The lowest BCUT2D eigenvalue weighted by Gasteiger charge is -2.10. The standard InChI is InChI=1S/C18H24N4O3.2ClH/c1-22(2)8-7-20-17(23)14-5-3-13(4-6-14)11-21-18(24)15-9-16(10-19)25-12-15;;/h3-6,9,12H,7-8,10-11,19H2,1-2H3,(H,20,23)(H,21,24);2*1H. The SMILES string of the molecule is CN(C)CCNC(=O)c1ccc(CNC(=O)c2coc(CN)c2)cc1.Cl.Cl. The summed E-state index contributed by atoms with van der Waals surface area (Å²) in [5.74, 6) is 0.230. The Balaban J connectivity index is 0.00000338. The summed E-state index contributed by atoms with van der Waals surface area (Å²) in [7, 11) is 3.91. The first-order valence-corrected chi connectivity index (χ1v) is 8.07. The molecule has 9 heteroatoms. The van der Waals surface area contributed by atoms with E-state index in [9.17, 15) is 9.59 Å². The predicted molar refractivity (Wildman–Crippen MR) is 110 cm³/mol. The Morgan fingerprint density at radius 1 is 1.04 bits per heavy atom. The molecular weight excluding hydrogens is 391 g/mol. The summed E-state index contributed by atoms with van der Waals surface area (Å²) in [6.07, 6.45) is 1.39. The van der Waals surface area contributed by atoms with E-state index in [1.54, 1.807) is 18.2 Å². The molecule has 150 valence electrons. The number of carbonyl (C=O) groups is 2. The van der Waals surface area contributed by atoms with Crippen molar-refractivity contribution in [1.29, 1.82) is 0 Å². The number of likely N-dealkylation sites (N-methyl/N-ethyl adjacent to an activating group) is 1. The lowest BCUT2D eigenvalue weighted by molar-refractivity contribution is 0.0941. The van der Waals surface area contributed by atoms with Crippen LogP contribution in [-0.2, 0) is 13.1 Å². The van der Waals surface area contributed by atoms with Crippen molar-refractivity contribution in [2.75, 3.05) is 27.2 Å². The minimum absolute atomic E-state index is 0. The molecule has 0 saturated carbocycles. The monoisotopic (exact) mass is 416 g/mol. The molecule has 27 heavy (non-hydrogen) atoms. The number of nitrogens with one attached hydrogen (secondary N) is 2. The van der Waals surface area contributed by atoms with Crippen LogP contribution in [0.5, 0.6) is 0 Å². The molecule has 0 spiro atoms. The van der Waals surface area contributed by atoms with Crippen LogP contribution in [0.1, 0.15) is 32.0 Å². The Morgan fingerprint density at radius 2 is 1.67 bits per heavy atom. The van der Waals surface area contributed by atoms with Gasteiger partial charge in [-0.05, 0) is 37.9 Å². The first kappa shape index (κ1) is 24.9. The molecule has 0 fully saturated rings. The van der Waals surface area contributed by atoms with E-state index in [-0.39, 0.29) is 43.2 Å². The van der Waals surface area contributed by atoms with Gasteiger partial charge in [-0.3, -0.25) is 9.59 Å². The van der Waals surface area contributed by atoms with Crippen molar-refractivity contribution < 1.29 is 14.0 Å². The van der Waals surface area contributed by atoms with Crippen LogP contribution < -0.4 is 16.4 Å². The van der Waals surface area contributed by atoms with Gasteiger partial charge in [-0.1, -0.05) is 12.1 Å². The molecular formula is C18H26Cl2N4O3. The lowest BCUT2D eigenvalue weighted by atomic mass is 10.1. The lowest BCUT2D eigenvalue weighted by Crippen LogP contribution is -2.31. The second kappa shape index (κ2) is 12.3. The molecule has 7 nitrogen and oxygen atoms in total. The molecule has 2 amide bonds. The van der Waals surface area contributed by atoms with E-state index in [4.69, 9.17) is 10.2 Å². The zero-order valence-corrected chi connectivity index (χ0v) is 17.0. The Bertz CT molecular complexity index is 718. The largest absolute Gasteiger partial charge is 0.467 e. The maximum absolute atomic E-state index is 12.0. The van der Waals surface area contributed by atoms with Crippen molar-refractivity contribution in [3.05, 3.63) is 59.0 Å². The van der Waals surface area contributed by atoms with Gasteiger partial charge in [0, 0.05) is 25.2 Å². The normalized spacial score (nSPS) is 9.93. The summed E-state index contributed by atoms with van der Waals surface area (Å²) in [5.41, 5.74) is 7.39. The summed E-state index contributed by atoms with van der Waals surface area (Å²) in [4.78, 5) is 26.0. The highest BCUT2D eigenvalue weighted by atomic mass is 35.5. The Kier molecular flexibility index (Phi) is 11.4. The fourth-order valence-corrected chi connectivity index (χ4v) is 2.16. The molecule has 1 aromatic carbocycles. The molecule has 0 atom stereocenters. The Hall–Kier alpha value is -2.06. The van der Waals surface area contributed by atoms with E-state index < -0.39 is 0 Å². The first-order chi connectivity index (χ1) is 12.0. The number of hydrogen-bond acceptors (Lipinski definition) is 5. The summed E-state index contributed by atoms with van der Waals surface area (Å²) < 4.78 is 5.14. The number of furan rings is 1. The summed E-state index contributed by atoms with van der Waals surface area (Å²) in [6, 6.07) is 8.76. The Morgan fingerprint density at radius 3 is 2.22 bits per heavy atom. The molecule has 0 saturated heterocycles. The van der Waals surface area contributed by atoms with E-state index in [2.05, 4.69) is 10.6 Å². The van der Waals surface area contributed by atoms with E-state index >= 15 is 0 Å². The van der Waals surface area contributed by atoms with Gasteiger partial charge < -0.3 is 25.7 Å². The van der Waals surface area contributed by atoms with Gasteiger partial charge in [0.2, 0.25) is 0 Å². The third-order valence-corrected chi connectivity index (χ3v) is 3.63. The fourth-order valence-electron chi connectivity index (χ4n) is 2.16. The molecule has 2 rings (SSSR count). The van der Waals surface area contributed by atoms with Crippen LogP contribution >= 0.6 is 24.8 Å². The maximum Gasteiger partial charge on any atom is 0.254 e. The third kappa shape index (κ3) is 8.01. The molecule has 4 N–H and O–H groups in total. The number of halogens is 2. The minimum Gasteiger partial charge on any atom is -0.467 e. The smallest absolute Gasteiger partial charge is 0.254 e. The van der Waals surface area contributed by atoms with E-state index in [1.807, 2.05) is 31.1 Å². The number of nitrogens with zero attached hydrogens (tertiary/aromatic N) is 1. The molecule has 0 aliphatic rings. The van der Waals surface area contributed by atoms with Gasteiger partial charge in [-0.15, -0.1) is 24.8 Å². The fraction of sp³-hybridized carbons (Fsp3) is 0.333. The predicted octanol–water partition coefficient (Wildman–Crippen LogP) is 1.80. The van der Waals surface area contributed by atoms with Crippen molar-refractivity contribution in [2.45, 2.75) is 13.1 Å². The average molecular weight is 417 g/mol. The van der Waals surface area contributed by atoms with Gasteiger partial charge >= 0.3 is 0 Å². The number of carbonyl (C=O) groups excluding carboxylic acids is 2. The quantitative estimate of drug-likeness (QED) is 0.608. The van der Waals surface area contributed by atoms with Crippen LogP contribution in [0.25, 0.3) is 0 Å². The number of amides is 2. The molecule has 0 bridgehead atoms. The maximum atomic E-state index is 12.0. The van der Waals surface area contributed by atoms with Crippen LogP contribution in [0.3, 0.4) is 0 Å². The minimum atomic E-state index is -0.228. The van der Waals surface area contributed by atoms with Crippen molar-refractivity contribution >= 4 is 36.6 Å². The highest BCUT2D eigenvalue weighted by Gasteiger charge is 2.10. The van der Waals surface area contributed by atoms with E-state index in [0.717, 1.165) is 12.1 Å². The molecule has 0 aliphatic heterocycles. The molecule has 1 aromatic heterocycles. The number of hydrogen-bond donors (Lipinski definition) is 3.